The molecule has 0 rings (SSSR count). The standard InChI is InChI=1S/C87H150O5/c1-3-5-7-9-11-13-15-17-19-21-23-25-27-29-31-33-35-37-39-41-42-43-44-46-48-50-52-54-56-58-60-62-64-66-68-70-72-74-76-78-80-82-87(90)92-85(83-88)84-91-86(89)81-79-77-75-73-71-69-67-65-63-61-59-57-55-53-51-49-47-45-40-38-36-34-32-30-28-26-24-22-20-18-16-14-12-10-8-6-4-2/h5-8,11-14,17-20,23-26,29-32,35,37,85,88H,3-4,9-10,15-16,21-22,27-28,33-34,36,38-84H2,1-2H3/b7-5-,8-6-,13-11-,14-12-,19-17-,20-18-,25-23-,26-24-,31-29-,32-30-,37-35-. The summed E-state index contributed by atoms with van der Waals surface area (Å²) in [7, 11) is 0. The molecule has 0 aliphatic heterocycles. The number of allylic oxidation sites excluding steroid dienone is 22. The fourth-order valence-corrected chi connectivity index (χ4v) is 11.6. The largest absolute Gasteiger partial charge is 0.462 e. The monoisotopic (exact) mass is 1280 g/mol. The molecule has 5 nitrogen and oxygen atoms in total. The lowest BCUT2D eigenvalue weighted by molar-refractivity contribution is -0.161. The van der Waals surface area contributed by atoms with Crippen molar-refractivity contribution in [3.05, 3.63) is 134 Å². The Labute approximate surface area is 572 Å². The van der Waals surface area contributed by atoms with Gasteiger partial charge in [0.25, 0.3) is 0 Å². The predicted octanol–water partition coefficient (Wildman–Crippen LogP) is 28.2. The van der Waals surface area contributed by atoms with Crippen LogP contribution in [0.3, 0.4) is 0 Å². The molecular formula is C87H150O5. The summed E-state index contributed by atoms with van der Waals surface area (Å²) in [5, 5.41) is 9.73. The SMILES string of the molecule is CC/C=C\C/C=C\C/C=C\C/C=C\C/C=C\C/C=C\CCCCCCCCCCCCCCCCCCCCCCCCC(=O)OC(CO)COC(=O)CCCCCCCCCCCCCCCCCCCCCCC/C=C\C/C=C\C/C=C\C/C=C\C/C=C\CC. The Balaban J connectivity index is 3.42. The maximum Gasteiger partial charge on any atom is 0.306 e. The average molecular weight is 1280 g/mol. The van der Waals surface area contributed by atoms with Crippen LogP contribution in [0.5, 0.6) is 0 Å². The van der Waals surface area contributed by atoms with E-state index in [0.717, 1.165) is 109 Å². The normalized spacial score (nSPS) is 12.9. The van der Waals surface area contributed by atoms with Crippen LogP contribution in [-0.4, -0.2) is 36.4 Å². The lowest BCUT2D eigenvalue weighted by atomic mass is 10.0. The average Bonchev–Trinajstić information content (AvgIpc) is 3.64. The van der Waals surface area contributed by atoms with Gasteiger partial charge in [0.15, 0.2) is 6.10 Å². The molecule has 0 saturated carbocycles. The first kappa shape index (κ1) is 88.0. The number of unbranched alkanes of at least 4 members (excludes halogenated alkanes) is 43. The molecule has 0 aromatic carbocycles. The van der Waals surface area contributed by atoms with Gasteiger partial charge >= 0.3 is 11.9 Å². The van der Waals surface area contributed by atoms with Crippen LogP contribution in [0.2, 0.25) is 0 Å². The van der Waals surface area contributed by atoms with Crippen LogP contribution >= 0.6 is 0 Å². The topological polar surface area (TPSA) is 72.8 Å². The van der Waals surface area contributed by atoms with E-state index in [1.54, 1.807) is 0 Å². The molecule has 0 heterocycles. The van der Waals surface area contributed by atoms with Gasteiger partial charge in [-0.05, 0) is 109 Å². The van der Waals surface area contributed by atoms with Crippen LogP contribution in [0.1, 0.15) is 386 Å². The second-order valence-corrected chi connectivity index (χ2v) is 26.4. The maximum absolute atomic E-state index is 12.4. The zero-order chi connectivity index (χ0) is 66.1. The van der Waals surface area contributed by atoms with Crippen molar-refractivity contribution >= 4 is 11.9 Å². The lowest BCUT2D eigenvalue weighted by Gasteiger charge is -2.15. The molecule has 5 heteroatoms. The quantitative estimate of drug-likeness (QED) is 0.0373. The summed E-state index contributed by atoms with van der Waals surface area (Å²) in [5.41, 5.74) is 0. The Morgan fingerprint density at radius 1 is 0.250 bits per heavy atom. The van der Waals surface area contributed by atoms with Gasteiger partial charge in [-0.15, -0.1) is 0 Å². The van der Waals surface area contributed by atoms with E-state index in [4.69, 9.17) is 9.47 Å². The van der Waals surface area contributed by atoms with E-state index in [9.17, 15) is 14.7 Å². The van der Waals surface area contributed by atoms with Gasteiger partial charge in [-0.1, -0.05) is 398 Å². The van der Waals surface area contributed by atoms with Gasteiger partial charge in [-0.3, -0.25) is 9.59 Å². The lowest BCUT2D eigenvalue weighted by Crippen LogP contribution is -2.28. The van der Waals surface area contributed by atoms with Gasteiger partial charge in [-0.25, -0.2) is 0 Å². The van der Waals surface area contributed by atoms with Crippen molar-refractivity contribution < 1.29 is 24.2 Å². The Morgan fingerprint density at radius 3 is 0.652 bits per heavy atom. The molecular weight excluding hydrogens is 1120 g/mol. The Kier molecular flexibility index (Phi) is 77.8. The molecule has 0 amide bonds. The van der Waals surface area contributed by atoms with Gasteiger partial charge in [-0.2, -0.15) is 0 Å². The van der Waals surface area contributed by atoms with Crippen LogP contribution in [0.15, 0.2) is 134 Å². The molecule has 0 spiro atoms. The summed E-state index contributed by atoms with van der Waals surface area (Å²) in [4.78, 5) is 24.7. The number of esters is 2. The summed E-state index contributed by atoms with van der Waals surface area (Å²) >= 11 is 0. The molecule has 1 unspecified atom stereocenters. The minimum absolute atomic E-state index is 0.0643. The minimum atomic E-state index is -0.776. The predicted molar refractivity (Wildman–Crippen MR) is 408 cm³/mol. The summed E-state index contributed by atoms with van der Waals surface area (Å²) in [6.07, 6.45) is 121. The van der Waals surface area contributed by atoms with Crippen molar-refractivity contribution in [2.45, 2.75) is 392 Å². The third-order valence-electron chi connectivity index (χ3n) is 17.4. The second-order valence-electron chi connectivity index (χ2n) is 26.4. The number of hydrogen-bond donors (Lipinski definition) is 1. The Bertz CT molecular complexity index is 1840. The number of aliphatic hydroxyl groups is 1. The summed E-state index contributed by atoms with van der Waals surface area (Å²) in [6, 6.07) is 0. The van der Waals surface area contributed by atoms with E-state index in [-0.39, 0.29) is 25.2 Å². The highest BCUT2D eigenvalue weighted by atomic mass is 16.6. The Morgan fingerprint density at radius 2 is 0.435 bits per heavy atom. The fourth-order valence-electron chi connectivity index (χ4n) is 11.6. The van der Waals surface area contributed by atoms with E-state index in [2.05, 4.69) is 148 Å². The van der Waals surface area contributed by atoms with Crippen LogP contribution < -0.4 is 0 Å². The first-order valence-corrected chi connectivity index (χ1v) is 39.7. The fraction of sp³-hybridized carbons (Fsp3) is 0.724. The molecule has 0 bridgehead atoms. The van der Waals surface area contributed by atoms with E-state index in [1.165, 1.54) is 250 Å². The first-order valence-electron chi connectivity index (χ1n) is 39.7. The molecule has 0 saturated heterocycles. The third-order valence-corrected chi connectivity index (χ3v) is 17.4. The van der Waals surface area contributed by atoms with Crippen LogP contribution in [0.25, 0.3) is 0 Å². The molecule has 0 aromatic rings. The number of hydrogen-bond acceptors (Lipinski definition) is 5. The number of aliphatic hydroxyl groups excluding tert-OH is 1. The molecule has 1 atom stereocenters. The van der Waals surface area contributed by atoms with E-state index in [1.807, 2.05) is 0 Å². The van der Waals surface area contributed by atoms with Gasteiger partial charge < -0.3 is 14.6 Å². The number of carbonyl (C=O) groups is 2. The van der Waals surface area contributed by atoms with Crippen molar-refractivity contribution in [3.63, 3.8) is 0 Å². The highest BCUT2D eigenvalue weighted by Crippen LogP contribution is 2.19. The summed E-state index contributed by atoms with van der Waals surface area (Å²) in [6.45, 7) is 3.95. The molecule has 1 N–H and O–H groups in total. The highest BCUT2D eigenvalue weighted by molar-refractivity contribution is 5.70. The van der Waals surface area contributed by atoms with Gasteiger partial charge in [0.1, 0.15) is 6.61 Å². The first-order chi connectivity index (χ1) is 45.6. The van der Waals surface area contributed by atoms with Crippen molar-refractivity contribution in [2.24, 2.45) is 0 Å². The smallest absolute Gasteiger partial charge is 0.306 e. The number of ether oxygens (including phenoxy) is 2. The zero-order valence-corrected chi connectivity index (χ0v) is 60.8. The highest BCUT2D eigenvalue weighted by Gasteiger charge is 2.16. The van der Waals surface area contributed by atoms with E-state index >= 15 is 0 Å². The molecule has 0 aliphatic carbocycles. The molecule has 92 heavy (non-hydrogen) atoms. The number of rotatable bonds is 73. The van der Waals surface area contributed by atoms with Crippen molar-refractivity contribution in [1.82, 2.24) is 0 Å². The summed E-state index contributed by atoms with van der Waals surface area (Å²) < 4.78 is 10.8. The van der Waals surface area contributed by atoms with Crippen LogP contribution in [0.4, 0.5) is 0 Å². The maximum atomic E-state index is 12.4. The van der Waals surface area contributed by atoms with Crippen LogP contribution in [0, 0.1) is 0 Å². The zero-order valence-electron chi connectivity index (χ0n) is 60.8. The minimum Gasteiger partial charge on any atom is -0.462 e. The van der Waals surface area contributed by atoms with Gasteiger partial charge in [0.05, 0.1) is 6.61 Å². The molecule has 0 fully saturated rings. The van der Waals surface area contributed by atoms with Gasteiger partial charge in [0.2, 0.25) is 0 Å². The Hall–Kier alpha value is -3.96. The van der Waals surface area contributed by atoms with Crippen molar-refractivity contribution in [3.8, 4) is 0 Å². The second kappa shape index (κ2) is 81.3. The van der Waals surface area contributed by atoms with Crippen LogP contribution in [-0.2, 0) is 19.1 Å². The van der Waals surface area contributed by atoms with Crippen molar-refractivity contribution in [1.29, 1.82) is 0 Å². The van der Waals surface area contributed by atoms with Gasteiger partial charge in [0, 0.05) is 12.8 Å². The molecule has 0 aliphatic rings. The van der Waals surface area contributed by atoms with E-state index < -0.39 is 6.10 Å². The molecule has 0 aromatic heterocycles. The molecule has 528 valence electrons. The molecule has 0 radical (unpaired) electrons. The summed E-state index contributed by atoms with van der Waals surface area (Å²) in [5.74, 6) is -0.573. The third kappa shape index (κ3) is 78.5. The van der Waals surface area contributed by atoms with E-state index in [0.29, 0.717) is 12.8 Å². The number of carbonyl (C=O) groups excluding carboxylic acids is 2. The van der Waals surface area contributed by atoms with Crippen molar-refractivity contribution in [2.75, 3.05) is 13.2 Å².